The molecule has 4 heteroatoms. The van der Waals surface area contributed by atoms with E-state index in [9.17, 15) is 0 Å². The fourth-order valence-corrected chi connectivity index (χ4v) is 1.19. The Hall–Kier alpha value is 1.24. The van der Waals surface area contributed by atoms with Crippen LogP contribution in [0.3, 0.4) is 0 Å². The average molecular weight is 236 g/mol. The van der Waals surface area contributed by atoms with Crippen molar-refractivity contribution in [3.8, 4) is 0 Å². The molecule has 0 aromatic carbocycles. The number of hydrogen-bond donors (Lipinski definition) is 0. The van der Waals surface area contributed by atoms with Crippen LogP contribution >= 0.6 is 22.9 Å². The second-order valence-electron chi connectivity index (χ2n) is 1.34. The van der Waals surface area contributed by atoms with E-state index in [2.05, 4.69) is 5.38 Å². The molecule has 0 aliphatic rings. The molecule has 0 aliphatic carbocycles. The minimum atomic E-state index is 0. The number of aryl methyl sites for hydroxylation is 1. The van der Waals surface area contributed by atoms with Crippen molar-refractivity contribution >= 4 is 46.0 Å². The predicted octanol–water partition coefficient (Wildman–Crippen LogP) is -0.867. The van der Waals surface area contributed by atoms with E-state index in [0.29, 0.717) is 0 Å². The maximum absolute atomic E-state index is 5.55. The van der Waals surface area contributed by atoms with Gasteiger partial charge in [0.15, 0.2) is 0 Å². The molecule has 0 N–H and O–H groups in total. The summed E-state index contributed by atoms with van der Waals surface area (Å²) in [5, 5.41) is 2.98. The molecular formula is C5H4BrClMgS. The van der Waals surface area contributed by atoms with Crippen LogP contribution in [0.15, 0.2) is 6.07 Å². The molecule has 0 nitrogen and oxygen atoms in total. The van der Waals surface area contributed by atoms with Gasteiger partial charge in [-0.1, -0.05) is 11.3 Å². The monoisotopic (exact) mass is 234 g/mol. The third-order valence-electron chi connectivity index (χ3n) is 0.640. The predicted molar refractivity (Wildman–Crippen MR) is 38.7 cm³/mol. The first-order valence-electron chi connectivity index (χ1n) is 1.92. The van der Waals surface area contributed by atoms with Gasteiger partial charge in [-0.25, -0.2) is 0 Å². The Bertz CT molecular complexity index is 149. The van der Waals surface area contributed by atoms with E-state index in [0.717, 1.165) is 9.90 Å². The molecule has 1 aromatic rings. The van der Waals surface area contributed by atoms with Crippen LogP contribution in [0, 0.1) is 12.3 Å². The largest absolute Gasteiger partial charge is 2.00 e. The van der Waals surface area contributed by atoms with Crippen molar-refractivity contribution in [2.45, 2.75) is 6.92 Å². The molecule has 0 amide bonds. The minimum absolute atomic E-state index is 0. The van der Waals surface area contributed by atoms with Gasteiger partial charge < -0.3 is 17.0 Å². The van der Waals surface area contributed by atoms with Crippen molar-refractivity contribution in [2.24, 2.45) is 0 Å². The van der Waals surface area contributed by atoms with E-state index in [1.165, 1.54) is 11.3 Å². The molecule has 1 rings (SSSR count). The van der Waals surface area contributed by atoms with Gasteiger partial charge in [0.2, 0.25) is 0 Å². The Balaban J connectivity index is 0. The minimum Gasteiger partial charge on any atom is -1.00 e. The summed E-state index contributed by atoms with van der Waals surface area (Å²) in [5.74, 6) is 0. The van der Waals surface area contributed by atoms with Crippen LogP contribution in [-0.4, -0.2) is 23.1 Å². The summed E-state index contributed by atoms with van der Waals surface area (Å²) in [7, 11) is 0. The van der Waals surface area contributed by atoms with Crippen LogP contribution in [0.25, 0.3) is 0 Å². The number of halogens is 2. The third-order valence-corrected chi connectivity index (χ3v) is 1.72. The molecule has 9 heavy (non-hydrogen) atoms. The first-order valence-corrected chi connectivity index (χ1v) is 3.12. The van der Waals surface area contributed by atoms with Crippen molar-refractivity contribution in [3.63, 3.8) is 0 Å². The van der Waals surface area contributed by atoms with Crippen LogP contribution < -0.4 is 17.0 Å². The molecule has 0 unspecified atom stereocenters. The zero-order valence-electron chi connectivity index (χ0n) is 4.95. The second kappa shape index (κ2) is 5.98. The van der Waals surface area contributed by atoms with Crippen molar-refractivity contribution in [1.29, 1.82) is 0 Å². The molecule has 46 valence electrons. The summed E-state index contributed by atoms with van der Waals surface area (Å²) in [6, 6.07) is 1.90. The quantitative estimate of drug-likeness (QED) is 0.406. The Kier molecular flexibility index (Phi) is 8.55. The SMILES string of the molecule is Cc1[c-]sc(Cl)c1.[Br-].[Mg+2]. The molecule has 0 atom stereocenters. The Labute approximate surface area is 90.5 Å². The van der Waals surface area contributed by atoms with E-state index in [1.807, 2.05) is 13.0 Å². The summed E-state index contributed by atoms with van der Waals surface area (Å²) in [5.41, 5.74) is 1.12. The molecule has 0 fully saturated rings. The maximum atomic E-state index is 5.55. The van der Waals surface area contributed by atoms with E-state index in [4.69, 9.17) is 11.6 Å². The number of rotatable bonds is 0. The van der Waals surface area contributed by atoms with Gasteiger partial charge in [0.1, 0.15) is 0 Å². The summed E-state index contributed by atoms with van der Waals surface area (Å²) in [6.45, 7) is 1.97. The normalized spacial score (nSPS) is 7.33. The standard InChI is InChI=1S/C5H4ClS.BrH.Mg/c1-4-2-5(6)7-3-4;;/h2H,1H3;1H;/q-1;;+2/p-1. The topological polar surface area (TPSA) is 0 Å². The Morgan fingerprint density at radius 2 is 2.22 bits per heavy atom. The van der Waals surface area contributed by atoms with Crippen molar-refractivity contribution in [3.05, 3.63) is 21.3 Å². The molecule has 0 bridgehead atoms. The van der Waals surface area contributed by atoms with Crippen molar-refractivity contribution in [2.75, 3.05) is 0 Å². The van der Waals surface area contributed by atoms with E-state index < -0.39 is 0 Å². The second-order valence-corrected chi connectivity index (χ2v) is 2.81. The molecule has 0 spiro atoms. The van der Waals surface area contributed by atoms with Crippen molar-refractivity contribution in [1.82, 2.24) is 0 Å². The molecule has 0 saturated heterocycles. The molecule has 0 aliphatic heterocycles. The fourth-order valence-electron chi connectivity index (χ4n) is 0.358. The Morgan fingerprint density at radius 3 is 2.33 bits per heavy atom. The van der Waals surface area contributed by atoms with Gasteiger partial charge in [0.05, 0.1) is 0 Å². The first-order chi connectivity index (χ1) is 3.29. The smallest absolute Gasteiger partial charge is 1.00 e. The summed E-state index contributed by atoms with van der Waals surface area (Å²) in [6.07, 6.45) is 0. The van der Waals surface area contributed by atoms with Gasteiger partial charge in [-0.3, -0.25) is 11.3 Å². The van der Waals surface area contributed by atoms with Gasteiger partial charge in [0.25, 0.3) is 0 Å². The molecule has 0 saturated carbocycles. The van der Waals surface area contributed by atoms with E-state index >= 15 is 0 Å². The molecule has 1 aromatic heterocycles. The van der Waals surface area contributed by atoms with Crippen LogP contribution in [0.4, 0.5) is 0 Å². The maximum Gasteiger partial charge on any atom is 2.00 e. The fraction of sp³-hybridized carbons (Fsp3) is 0.200. The Morgan fingerprint density at radius 1 is 1.67 bits per heavy atom. The zero-order valence-corrected chi connectivity index (χ0v) is 9.52. The summed E-state index contributed by atoms with van der Waals surface area (Å²) >= 11 is 6.99. The van der Waals surface area contributed by atoms with Gasteiger partial charge in [0, 0.05) is 0 Å². The molecule has 1 heterocycles. The van der Waals surface area contributed by atoms with Crippen LogP contribution in [0.2, 0.25) is 4.34 Å². The molecule has 0 radical (unpaired) electrons. The van der Waals surface area contributed by atoms with E-state index in [-0.39, 0.29) is 40.0 Å². The van der Waals surface area contributed by atoms with Gasteiger partial charge in [-0.05, 0) is 0 Å². The van der Waals surface area contributed by atoms with Crippen LogP contribution in [-0.2, 0) is 0 Å². The first kappa shape index (κ1) is 12.9. The van der Waals surface area contributed by atoms with Crippen LogP contribution in [0.5, 0.6) is 0 Å². The van der Waals surface area contributed by atoms with Gasteiger partial charge in [-0.15, -0.1) is 5.38 Å². The third kappa shape index (κ3) is 4.62. The van der Waals surface area contributed by atoms with Crippen LogP contribution in [0.1, 0.15) is 5.56 Å². The summed E-state index contributed by atoms with van der Waals surface area (Å²) < 4.78 is 0.817. The number of hydrogen-bond acceptors (Lipinski definition) is 1. The summed E-state index contributed by atoms with van der Waals surface area (Å²) in [4.78, 5) is 0. The van der Waals surface area contributed by atoms with E-state index in [1.54, 1.807) is 0 Å². The number of thiophene rings is 1. The molecular weight excluding hydrogens is 232 g/mol. The van der Waals surface area contributed by atoms with Crippen molar-refractivity contribution < 1.29 is 17.0 Å². The van der Waals surface area contributed by atoms with Gasteiger partial charge >= 0.3 is 23.1 Å². The van der Waals surface area contributed by atoms with Gasteiger partial charge in [-0.2, -0.15) is 23.2 Å². The average Bonchev–Trinajstić information content (AvgIpc) is 1.87. The zero-order chi connectivity index (χ0) is 5.28.